The molecule has 0 aromatic heterocycles. The summed E-state index contributed by atoms with van der Waals surface area (Å²) >= 11 is 7.07. The van der Waals surface area contributed by atoms with E-state index in [-0.39, 0.29) is 0 Å². The second-order valence-electron chi connectivity index (χ2n) is 4.52. The average Bonchev–Trinajstić information content (AvgIpc) is 2.01. The van der Waals surface area contributed by atoms with E-state index in [0.717, 1.165) is 10.1 Å². The van der Waals surface area contributed by atoms with Crippen LogP contribution in [0.5, 0.6) is 0 Å². The lowest BCUT2D eigenvalue weighted by atomic mass is 9.79. The zero-order valence-corrected chi connectivity index (χ0v) is 11.0. The van der Waals surface area contributed by atoms with E-state index >= 15 is 0 Å². The van der Waals surface area contributed by atoms with E-state index < -0.39 is 0 Å². The maximum atomic E-state index is 5.19. The molecule has 0 N–H and O–H groups in total. The summed E-state index contributed by atoms with van der Waals surface area (Å²) in [6.45, 7) is 10.6. The molecule has 0 saturated heterocycles. The monoisotopic (exact) mass is 228 g/mol. The molecule has 0 nitrogen and oxygen atoms in total. The standard InChI is InChI=1S/C12H20S2/c1-8(2)11-6-5-9(3)7-12(11)14-10(4)13/h9,11-12H,1,5-7H2,2-4H3/t9-,11+,12+/m1/s1. The Hall–Kier alpha value is 0.180. The van der Waals surface area contributed by atoms with Gasteiger partial charge in [-0.3, -0.25) is 0 Å². The Morgan fingerprint density at radius 2 is 2.00 bits per heavy atom. The van der Waals surface area contributed by atoms with Gasteiger partial charge in [0.25, 0.3) is 0 Å². The first-order chi connectivity index (χ1) is 6.50. The predicted octanol–water partition coefficient (Wildman–Crippen LogP) is 4.45. The van der Waals surface area contributed by atoms with E-state index in [2.05, 4.69) is 20.4 Å². The number of allylic oxidation sites excluding steroid dienone is 1. The lowest BCUT2D eigenvalue weighted by Gasteiger charge is -2.34. The Morgan fingerprint density at radius 1 is 1.36 bits per heavy atom. The minimum atomic E-state index is 0.689. The molecule has 14 heavy (non-hydrogen) atoms. The lowest BCUT2D eigenvalue weighted by molar-refractivity contribution is 0.331. The summed E-state index contributed by atoms with van der Waals surface area (Å²) in [6.07, 6.45) is 3.96. The van der Waals surface area contributed by atoms with Gasteiger partial charge in [-0.1, -0.05) is 37.7 Å². The van der Waals surface area contributed by atoms with Crippen molar-refractivity contribution in [2.24, 2.45) is 11.8 Å². The summed E-state index contributed by atoms with van der Waals surface area (Å²) in [5, 5.41) is 0.689. The van der Waals surface area contributed by atoms with Crippen LogP contribution in [-0.2, 0) is 0 Å². The SMILES string of the molecule is C=C(C)[C@@H]1CC[C@@H](C)C[C@@H]1SC(C)=S. The number of thioether (sulfide) groups is 1. The highest BCUT2D eigenvalue weighted by atomic mass is 32.2. The third-order valence-corrected chi connectivity index (χ3v) is 4.45. The van der Waals surface area contributed by atoms with Gasteiger partial charge in [0.15, 0.2) is 0 Å². The van der Waals surface area contributed by atoms with Crippen LogP contribution >= 0.6 is 24.0 Å². The Balaban J connectivity index is 2.63. The molecule has 0 amide bonds. The topological polar surface area (TPSA) is 0 Å². The fourth-order valence-corrected chi connectivity index (χ4v) is 3.99. The maximum Gasteiger partial charge on any atom is 0.0450 e. The number of thiocarbonyl (C=S) groups is 1. The van der Waals surface area contributed by atoms with Gasteiger partial charge in [-0.2, -0.15) is 0 Å². The van der Waals surface area contributed by atoms with Crippen LogP contribution in [0.15, 0.2) is 12.2 Å². The highest BCUT2D eigenvalue weighted by Gasteiger charge is 2.29. The zero-order chi connectivity index (χ0) is 10.7. The average molecular weight is 228 g/mol. The second-order valence-corrected chi connectivity index (χ2v) is 6.84. The molecule has 0 bridgehead atoms. The Labute approximate surface area is 97.5 Å². The number of rotatable bonds is 2. The minimum Gasteiger partial charge on any atom is -0.115 e. The van der Waals surface area contributed by atoms with Crippen LogP contribution in [0.1, 0.15) is 40.0 Å². The van der Waals surface area contributed by atoms with Gasteiger partial charge < -0.3 is 0 Å². The van der Waals surface area contributed by atoms with Crippen LogP contribution in [0.25, 0.3) is 0 Å². The Kier molecular flexibility index (Phi) is 4.65. The van der Waals surface area contributed by atoms with Gasteiger partial charge in [0, 0.05) is 9.45 Å². The van der Waals surface area contributed by atoms with E-state index in [1.54, 1.807) is 0 Å². The lowest BCUT2D eigenvalue weighted by Crippen LogP contribution is -2.27. The Morgan fingerprint density at radius 3 is 2.50 bits per heavy atom. The summed E-state index contributed by atoms with van der Waals surface area (Å²) in [5.41, 5.74) is 1.34. The van der Waals surface area contributed by atoms with Crippen LogP contribution in [-0.4, -0.2) is 9.45 Å². The molecule has 1 aliphatic rings. The largest absolute Gasteiger partial charge is 0.115 e. The smallest absolute Gasteiger partial charge is 0.0450 e. The van der Waals surface area contributed by atoms with E-state index in [0.29, 0.717) is 11.2 Å². The van der Waals surface area contributed by atoms with Gasteiger partial charge in [0.2, 0.25) is 0 Å². The van der Waals surface area contributed by atoms with Crippen molar-refractivity contribution < 1.29 is 0 Å². The molecule has 0 aromatic carbocycles. The van der Waals surface area contributed by atoms with Crippen LogP contribution in [0, 0.1) is 11.8 Å². The molecule has 3 atom stereocenters. The van der Waals surface area contributed by atoms with Gasteiger partial charge in [0.1, 0.15) is 0 Å². The van der Waals surface area contributed by atoms with Gasteiger partial charge >= 0.3 is 0 Å². The number of hydrogen-bond donors (Lipinski definition) is 0. The van der Waals surface area contributed by atoms with Crippen molar-refractivity contribution in [2.75, 3.05) is 0 Å². The summed E-state index contributed by atoms with van der Waals surface area (Å²) in [5.74, 6) is 1.55. The van der Waals surface area contributed by atoms with E-state index in [1.807, 2.05) is 18.7 Å². The highest BCUT2D eigenvalue weighted by molar-refractivity contribution is 8.23. The summed E-state index contributed by atoms with van der Waals surface area (Å²) < 4.78 is 1.08. The third-order valence-electron chi connectivity index (χ3n) is 3.00. The molecular formula is C12H20S2. The molecule has 1 fully saturated rings. The van der Waals surface area contributed by atoms with E-state index in [1.165, 1.54) is 24.8 Å². The quantitative estimate of drug-likeness (QED) is 0.506. The minimum absolute atomic E-state index is 0.689. The van der Waals surface area contributed by atoms with Crippen molar-refractivity contribution in [3.8, 4) is 0 Å². The summed E-state index contributed by atoms with van der Waals surface area (Å²) in [4.78, 5) is 0. The molecule has 1 aliphatic carbocycles. The molecule has 0 spiro atoms. The first kappa shape index (κ1) is 12.3. The van der Waals surface area contributed by atoms with Gasteiger partial charge in [-0.25, -0.2) is 0 Å². The molecule has 0 unspecified atom stereocenters. The van der Waals surface area contributed by atoms with Gasteiger partial charge in [-0.15, -0.1) is 11.8 Å². The molecule has 0 radical (unpaired) electrons. The zero-order valence-electron chi connectivity index (χ0n) is 9.38. The molecular weight excluding hydrogens is 208 g/mol. The molecule has 2 heteroatoms. The molecule has 1 saturated carbocycles. The van der Waals surface area contributed by atoms with Gasteiger partial charge in [-0.05, 0) is 38.5 Å². The van der Waals surface area contributed by atoms with Crippen molar-refractivity contribution in [3.63, 3.8) is 0 Å². The second kappa shape index (κ2) is 5.32. The fraction of sp³-hybridized carbons (Fsp3) is 0.750. The molecule has 0 aromatic rings. The third kappa shape index (κ3) is 3.39. The van der Waals surface area contributed by atoms with Crippen molar-refractivity contribution in [2.45, 2.75) is 45.3 Å². The van der Waals surface area contributed by atoms with Crippen LogP contribution in [0.3, 0.4) is 0 Å². The normalized spacial score (nSPS) is 32.6. The van der Waals surface area contributed by atoms with E-state index in [4.69, 9.17) is 12.2 Å². The molecule has 1 rings (SSSR count). The summed E-state index contributed by atoms with van der Waals surface area (Å²) in [7, 11) is 0. The first-order valence-corrected chi connectivity index (χ1v) is 6.62. The van der Waals surface area contributed by atoms with Crippen molar-refractivity contribution in [1.29, 1.82) is 0 Å². The molecule has 0 heterocycles. The van der Waals surface area contributed by atoms with E-state index in [9.17, 15) is 0 Å². The van der Waals surface area contributed by atoms with Crippen LogP contribution in [0.4, 0.5) is 0 Å². The van der Waals surface area contributed by atoms with Crippen molar-refractivity contribution in [1.82, 2.24) is 0 Å². The Bertz CT molecular complexity index is 232. The van der Waals surface area contributed by atoms with Crippen molar-refractivity contribution in [3.05, 3.63) is 12.2 Å². The first-order valence-electron chi connectivity index (χ1n) is 5.33. The fourth-order valence-electron chi connectivity index (χ4n) is 2.24. The van der Waals surface area contributed by atoms with Crippen molar-refractivity contribution >= 4 is 28.2 Å². The van der Waals surface area contributed by atoms with Gasteiger partial charge in [0.05, 0.1) is 0 Å². The molecule has 80 valence electrons. The van der Waals surface area contributed by atoms with Crippen LogP contribution in [0.2, 0.25) is 0 Å². The predicted molar refractivity (Wildman–Crippen MR) is 71.0 cm³/mol. The van der Waals surface area contributed by atoms with Crippen LogP contribution < -0.4 is 0 Å². The number of hydrogen-bond acceptors (Lipinski definition) is 2. The molecule has 0 aliphatic heterocycles. The maximum absolute atomic E-state index is 5.19. The summed E-state index contributed by atoms with van der Waals surface area (Å²) in [6, 6.07) is 0. The highest BCUT2D eigenvalue weighted by Crippen LogP contribution is 2.39.